The Morgan fingerprint density at radius 2 is 1.90 bits per heavy atom. The van der Waals surface area contributed by atoms with Gasteiger partial charge in [-0.1, -0.05) is 52.3 Å². The van der Waals surface area contributed by atoms with E-state index in [1.165, 1.54) is 0 Å². The minimum Gasteiger partial charge on any atom is -0.333 e. The average molecular weight is 347 g/mol. The first-order valence-electron chi connectivity index (χ1n) is 6.91. The van der Waals surface area contributed by atoms with Gasteiger partial charge in [-0.05, 0) is 30.2 Å². The topological polar surface area (TPSA) is 46.3 Å². The van der Waals surface area contributed by atoms with Crippen molar-refractivity contribution in [3.8, 4) is 0 Å². The smallest absolute Gasteiger partial charge is 0.254 e. The number of hydrogen-bond donors (Lipinski definition) is 1. The van der Waals surface area contributed by atoms with Crippen molar-refractivity contribution >= 4 is 21.8 Å². The molecular formula is C17H19BrN2O. The fourth-order valence-electron chi connectivity index (χ4n) is 2.12. The molecule has 3 nitrogen and oxygen atoms in total. The molecule has 0 aromatic heterocycles. The molecule has 0 aliphatic rings. The molecule has 2 aromatic rings. The number of nitrogens with two attached hydrogens (primary N) is 1. The Balaban J connectivity index is 2.20. The summed E-state index contributed by atoms with van der Waals surface area (Å²) in [6.07, 6.45) is 0. The molecule has 0 radical (unpaired) electrons. The number of nitrogens with zero attached hydrogens (tertiary/aromatic N) is 1. The number of carbonyl (C=O) groups is 1. The van der Waals surface area contributed by atoms with Gasteiger partial charge in [-0.2, -0.15) is 0 Å². The third kappa shape index (κ3) is 4.16. The number of aryl methyl sites for hydroxylation is 1. The van der Waals surface area contributed by atoms with Gasteiger partial charge in [0.1, 0.15) is 0 Å². The molecule has 21 heavy (non-hydrogen) atoms. The summed E-state index contributed by atoms with van der Waals surface area (Å²) in [6, 6.07) is 15.6. The van der Waals surface area contributed by atoms with Gasteiger partial charge < -0.3 is 10.6 Å². The van der Waals surface area contributed by atoms with Crippen LogP contribution in [0.1, 0.15) is 21.5 Å². The summed E-state index contributed by atoms with van der Waals surface area (Å²) in [6.45, 7) is 3.56. The summed E-state index contributed by atoms with van der Waals surface area (Å²) in [4.78, 5) is 14.4. The van der Waals surface area contributed by atoms with Crippen molar-refractivity contribution in [1.29, 1.82) is 0 Å². The van der Waals surface area contributed by atoms with Gasteiger partial charge in [-0.15, -0.1) is 0 Å². The molecule has 0 spiro atoms. The minimum atomic E-state index is 0.00463. The van der Waals surface area contributed by atoms with E-state index in [-0.39, 0.29) is 5.91 Å². The number of halogens is 1. The van der Waals surface area contributed by atoms with Gasteiger partial charge in [-0.3, -0.25) is 4.79 Å². The first-order valence-corrected chi connectivity index (χ1v) is 7.70. The standard InChI is InChI=1S/C17H19BrN2O/c1-13-7-8-15(11-16(13)18)17(21)20(10-9-19)12-14-5-3-2-4-6-14/h2-8,11H,9-10,12,19H2,1H3. The van der Waals surface area contributed by atoms with Crippen molar-refractivity contribution in [2.75, 3.05) is 13.1 Å². The van der Waals surface area contributed by atoms with Crippen LogP contribution in [0.4, 0.5) is 0 Å². The lowest BCUT2D eigenvalue weighted by Gasteiger charge is -2.22. The van der Waals surface area contributed by atoms with Gasteiger partial charge in [0.25, 0.3) is 5.91 Å². The van der Waals surface area contributed by atoms with Gasteiger partial charge in [-0.25, -0.2) is 0 Å². The first-order chi connectivity index (χ1) is 10.1. The highest BCUT2D eigenvalue weighted by molar-refractivity contribution is 9.10. The van der Waals surface area contributed by atoms with Crippen molar-refractivity contribution in [2.45, 2.75) is 13.5 Å². The quantitative estimate of drug-likeness (QED) is 0.902. The van der Waals surface area contributed by atoms with Crippen LogP contribution in [0.5, 0.6) is 0 Å². The van der Waals surface area contributed by atoms with Gasteiger partial charge in [0.2, 0.25) is 0 Å². The molecule has 0 aliphatic carbocycles. The summed E-state index contributed by atoms with van der Waals surface area (Å²) in [7, 11) is 0. The van der Waals surface area contributed by atoms with E-state index in [2.05, 4.69) is 15.9 Å². The normalized spacial score (nSPS) is 10.4. The Morgan fingerprint density at radius 3 is 2.52 bits per heavy atom. The van der Waals surface area contributed by atoms with Crippen molar-refractivity contribution in [3.05, 3.63) is 69.7 Å². The van der Waals surface area contributed by atoms with Gasteiger partial charge >= 0.3 is 0 Å². The van der Waals surface area contributed by atoms with E-state index in [9.17, 15) is 4.79 Å². The predicted octanol–water partition coefficient (Wildman–Crippen LogP) is 3.36. The van der Waals surface area contributed by atoms with Crippen molar-refractivity contribution < 1.29 is 4.79 Å². The van der Waals surface area contributed by atoms with E-state index in [0.29, 0.717) is 25.2 Å². The lowest BCUT2D eigenvalue weighted by molar-refractivity contribution is 0.0748. The maximum absolute atomic E-state index is 12.7. The predicted molar refractivity (Wildman–Crippen MR) is 89.1 cm³/mol. The summed E-state index contributed by atoms with van der Waals surface area (Å²) in [5.74, 6) is 0.00463. The van der Waals surface area contributed by atoms with Crippen molar-refractivity contribution in [2.24, 2.45) is 5.73 Å². The number of carbonyl (C=O) groups excluding carboxylic acids is 1. The lowest BCUT2D eigenvalue weighted by atomic mass is 10.1. The maximum atomic E-state index is 12.7. The third-order valence-corrected chi connectivity index (χ3v) is 4.18. The minimum absolute atomic E-state index is 0.00463. The SMILES string of the molecule is Cc1ccc(C(=O)N(CCN)Cc2ccccc2)cc1Br. The van der Waals surface area contributed by atoms with E-state index in [1.54, 1.807) is 4.90 Å². The van der Waals surface area contributed by atoms with E-state index in [1.807, 2.05) is 55.5 Å². The summed E-state index contributed by atoms with van der Waals surface area (Å²) >= 11 is 3.47. The fraction of sp³-hybridized carbons (Fsp3) is 0.235. The van der Waals surface area contributed by atoms with Crippen LogP contribution in [-0.4, -0.2) is 23.9 Å². The van der Waals surface area contributed by atoms with E-state index in [4.69, 9.17) is 5.73 Å². The summed E-state index contributed by atoms with van der Waals surface area (Å²) in [5.41, 5.74) is 8.54. The largest absolute Gasteiger partial charge is 0.333 e. The second-order valence-electron chi connectivity index (χ2n) is 4.96. The molecular weight excluding hydrogens is 328 g/mol. The number of amides is 1. The van der Waals surface area contributed by atoms with Crippen LogP contribution < -0.4 is 5.73 Å². The number of rotatable bonds is 5. The van der Waals surface area contributed by atoms with Crippen LogP contribution in [-0.2, 0) is 6.54 Å². The molecule has 0 saturated carbocycles. The zero-order valence-corrected chi connectivity index (χ0v) is 13.6. The second kappa shape index (κ2) is 7.38. The number of benzene rings is 2. The van der Waals surface area contributed by atoms with E-state index in [0.717, 1.165) is 15.6 Å². The van der Waals surface area contributed by atoms with Crippen LogP contribution in [0.15, 0.2) is 53.0 Å². The molecule has 1 amide bonds. The lowest BCUT2D eigenvalue weighted by Crippen LogP contribution is -2.34. The van der Waals surface area contributed by atoms with Gasteiger partial charge in [0.05, 0.1) is 0 Å². The van der Waals surface area contributed by atoms with Crippen LogP contribution in [0.2, 0.25) is 0 Å². The molecule has 2 aromatic carbocycles. The molecule has 0 aliphatic heterocycles. The highest BCUT2D eigenvalue weighted by Gasteiger charge is 2.16. The second-order valence-corrected chi connectivity index (χ2v) is 5.82. The molecule has 0 heterocycles. The zero-order chi connectivity index (χ0) is 15.2. The monoisotopic (exact) mass is 346 g/mol. The van der Waals surface area contributed by atoms with Crippen molar-refractivity contribution in [3.63, 3.8) is 0 Å². The van der Waals surface area contributed by atoms with E-state index < -0.39 is 0 Å². The van der Waals surface area contributed by atoms with Crippen LogP contribution in [0.25, 0.3) is 0 Å². The van der Waals surface area contributed by atoms with Crippen LogP contribution in [0, 0.1) is 6.92 Å². The number of hydrogen-bond acceptors (Lipinski definition) is 2. The molecule has 2 N–H and O–H groups in total. The Kier molecular flexibility index (Phi) is 5.53. The first kappa shape index (κ1) is 15.7. The highest BCUT2D eigenvalue weighted by atomic mass is 79.9. The summed E-state index contributed by atoms with van der Waals surface area (Å²) < 4.78 is 0.945. The molecule has 2 rings (SSSR count). The average Bonchev–Trinajstić information content (AvgIpc) is 2.50. The molecule has 0 saturated heterocycles. The Labute approximate surface area is 133 Å². The fourth-order valence-corrected chi connectivity index (χ4v) is 2.50. The molecule has 0 atom stereocenters. The maximum Gasteiger partial charge on any atom is 0.254 e. The van der Waals surface area contributed by atoms with Crippen LogP contribution in [0.3, 0.4) is 0 Å². The summed E-state index contributed by atoms with van der Waals surface area (Å²) in [5, 5.41) is 0. The van der Waals surface area contributed by atoms with Gasteiger partial charge in [0, 0.05) is 29.7 Å². The molecule has 0 fully saturated rings. The van der Waals surface area contributed by atoms with E-state index >= 15 is 0 Å². The zero-order valence-electron chi connectivity index (χ0n) is 12.1. The Hall–Kier alpha value is -1.65. The van der Waals surface area contributed by atoms with Crippen molar-refractivity contribution in [1.82, 2.24) is 4.90 Å². The third-order valence-electron chi connectivity index (χ3n) is 3.32. The van der Waals surface area contributed by atoms with Crippen LogP contribution >= 0.6 is 15.9 Å². The van der Waals surface area contributed by atoms with Gasteiger partial charge in [0.15, 0.2) is 0 Å². The Morgan fingerprint density at radius 1 is 1.19 bits per heavy atom. The Bertz CT molecular complexity index is 613. The molecule has 0 unspecified atom stereocenters. The molecule has 4 heteroatoms. The molecule has 110 valence electrons. The highest BCUT2D eigenvalue weighted by Crippen LogP contribution is 2.19. The molecule has 0 bridgehead atoms.